The van der Waals surface area contributed by atoms with Crippen LogP contribution >= 0.6 is 0 Å². The van der Waals surface area contributed by atoms with Crippen LogP contribution in [-0.2, 0) is 26.0 Å². The van der Waals surface area contributed by atoms with Gasteiger partial charge in [-0.2, -0.15) is 0 Å². The van der Waals surface area contributed by atoms with Crippen LogP contribution in [0.1, 0.15) is 12.0 Å². The van der Waals surface area contributed by atoms with E-state index in [1.54, 1.807) is 12.1 Å². The number of anilines is 1. The van der Waals surface area contributed by atoms with Crippen molar-refractivity contribution in [2.75, 3.05) is 31.6 Å². The van der Waals surface area contributed by atoms with E-state index in [2.05, 4.69) is 10.0 Å². The summed E-state index contributed by atoms with van der Waals surface area (Å²) in [6.07, 6.45) is 1.64. The van der Waals surface area contributed by atoms with Crippen molar-refractivity contribution < 1.29 is 17.9 Å². The van der Waals surface area contributed by atoms with Crippen LogP contribution < -0.4 is 15.8 Å². The van der Waals surface area contributed by atoms with Crippen molar-refractivity contribution in [1.82, 2.24) is 4.72 Å². The third-order valence-electron chi connectivity index (χ3n) is 3.12. The maximum Gasteiger partial charge on any atom is 0.243 e. The second kappa shape index (κ2) is 6.88. The molecule has 0 aliphatic carbocycles. The lowest BCUT2D eigenvalue weighted by Gasteiger charge is -2.21. The Morgan fingerprint density at radius 2 is 2.24 bits per heavy atom. The van der Waals surface area contributed by atoms with Gasteiger partial charge in [0.1, 0.15) is 6.61 Å². The highest BCUT2D eigenvalue weighted by Gasteiger charge is 2.21. The molecule has 0 saturated carbocycles. The van der Waals surface area contributed by atoms with Gasteiger partial charge < -0.3 is 15.8 Å². The predicted molar refractivity (Wildman–Crippen MR) is 78.5 cm³/mol. The average Bonchev–Trinajstić information content (AvgIpc) is 2.46. The molecule has 0 bridgehead atoms. The lowest BCUT2D eigenvalue weighted by molar-refractivity contribution is -0.122. The highest BCUT2D eigenvalue weighted by atomic mass is 32.2. The fraction of sp³-hybridized carbons (Fsp3) is 0.462. The monoisotopic (exact) mass is 313 g/mol. The van der Waals surface area contributed by atoms with Crippen molar-refractivity contribution in [3.63, 3.8) is 0 Å². The molecule has 116 valence electrons. The Bertz CT molecular complexity index is 616. The molecule has 0 atom stereocenters. The Hall–Kier alpha value is -1.64. The van der Waals surface area contributed by atoms with Crippen molar-refractivity contribution >= 4 is 21.6 Å². The molecular weight excluding hydrogens is 294 g/mol. The van der Waals surface area contributed by atoms with Gasteiger partial charge in [0.25, 0.3) is 0 Å². The zero-order valence-corrected chi connectivity index (χ0v) is 12.4. The molecule has 1 aromatic carbocycles. The minimum Gasteiger partial charge on any atom is -0.385 e. The second-order valence-corrected chi connectivity index (χ2v) is 6.46. The van der Waals surface area contributed by atoms with Gasteiger partial charge in [0.15, 0.2) is 0 Å². The maximum atomic E-state index is 12.3. The van der Waals surface area contributed by atoms with Crippen molar-refractivity contribution in [2.24, 2.45) is 5.73 Å². The van der Waals surface area contributed by atoms with E-state index in [1.165, 1.54) is 0 Å². The highest BCUT2D eigenvalue weighted by Crippen LogP contribution is 2.28. The summed E-state index contributed by atoms with van der Waals surface area (Å²) in [6.45, 7) is 0.819. The van der Waals surface area contributed by atoms with E-state index in [4.69, 9.17) is 10.5 Å². The maximum absolute atomic E-state index is 12.3. The van der Waals surface area contributed by atoms with E-state index in [0.717, 1.165) is 30.6 Å². The Morgan fingerprint density at radius 3 is 3.00 bits per heavy atom. The molecule has 0 unspecified atom stereocenters. The number of fused-ring (bicyclic) bond motifs is 1. The van der Waals surface area contributed by atoms with Crippen LogP contribution in [0.25, 0.3) is 0 Å². The first-order chi connectivity index (χ1) is 10.0. The Labute approximate surface area is 123 Å². The quantitative estimate of drug-likeness (QED) is 0.605. The average molecular weight is 313 g/mol. The number of hydrogen-bond acceptors (Lipinski definition) is 5. The van der Waals surface area contributed by atoms with Crippen LogP contribution in [0.2, 0.25) is 0 Å². The number of nitrogens with two attached hydrogens (primary N) is 1. The van der Waals surface area contributed by atoms with E-state index in [-0.39, 0.29) is 19.8 Å². The number of ether oxygens (including phenoxy) is 1. The first kappa shape index (κ1) is 15.7. The van der Waals surface area contributed by atoms with Gasteiger partial charge in [0.05, 0.1) is 11.5 Å². The van der Waals surface area contributed by atoms with E-state index in [1.807, 2.05) is 6.07 Å². The SMILES string of the molecule is NC(=O)COCCNS(=O)(=O)c1cccc2c1CCCN2. The molecule has 4 N–H and O–H groups in total. The lowest BCUT2D eigenvalue weighted by atomic mass is 10.0. The summed E-state index contributed by atoms with van der Waals surface area (Å²) in [5, 5.41) is 3.20. The Balaban J connectivity index is 2.01. The van der Waals surface area contributed by atoms with Gasteiger partial charge in [0.2, 0.25) is 15.9 Å². The molecule has 1 aromatic rings. The molecule has 1 aliphatic rings. The number of primary amides is 1. The van der Waals surface area contributed by atoms with Crippen LogP contribution in [0.15, 0.2) is 23.1 Å². The van der Waals surface area contributed by atoms with Gasteiger partial charge in [-0.1, -0.05) is 6.07 Å². The standard InChI is InChI=1S/C13H19N3O4S/c14-13(17)9-20-8-7-16-21(18,19)12-5-1-4-11-10(12)3-2-6-15-11/h1,4-5,15-16H,2-3,6-9H2,(H2,14,17). The van der Waals surface area contributed by atoms with Gasteiger partial charge in [0, 0.05) is 18.8 Å². The van der Waals surface area contributed by atoms with Gasteiger partial charge in [-0.05, 0) is 30.5 Å². The molecule has 21 heavy (non-hydrogen) atoms. The van der Waals surface area contributed by atoms with Crippen molar-refractivity contribution in [3.8, 4) is 0 Å². The third kappa shape index (κ3) is 4.16. The minimum atomic E-state index is -3.59. The summed E-state index contributed by atoms with van der Waals surface area (Å²) in [7, 11) is -3.59. The molecular formula is C13H19N3O4S. The molecule has 0 aromatic heterocycles. The van der Waals surface area contributed by atoms with Gasteiger partial charge in [-0.15, -0.1) is 0 Å². The zero-order chi connectivity index (χ0) is 15.3. The van der Waals surface area contributed by atoms with Crippen LogP contribution in [0, 0.1) is 0 Å². The summed E-state index contributed by atoms with van der Waals surface area (Å²) in [6, 6.07) is 5.19. The number of amides is 1. The number of carbonyl (C=O) groups excluding carboxylic acids is 1. The molecule has 1 heterocycles. The number of carbonyl (C=O) groups is 1. The molecule has 7 nitrogen and oxygen atoms in total. The summed E-state index contributed by atoms with van der Waals surface area (Å²) >= 11 is 0. The van der Waals surface area contributed by atoms with Crippen molar-refractivity contribution in [3.05, 3.63) is 23.8 Å². The van der Waals surface area contributed by atoms with Crippen molar-refractivity contribution in [1.29, 1.82) is 0 Å². The number of rotatable bonds is 7. The summed E-state index contributed by atoms with van der Waals surface area (Å²) in [5.74, 6) is -0.582. The summed E-state index contributed by atoms with van der Waals surface area (Å²) in [4.78, 5) is 10.8. The zero-order valence-electron chi connectivity index (χ0n) is 11.6. The first-order valence-electron chi connectivity index (χ1n) is 6.72. The normalized spacial score (nSPS) is 14.3. The first-order valence-corrected chi connectivity index (χ1v) is 8.20. The van der Waals surface area contributed by atoms with Crippen LogP contribution in [0.5, 0.6) is 0 Å². The van der Waals surface area contributed by atoms with E-state index < -0.39 is 15.9 Å². The molecule has 0 radical (unpaired) electrons. The lowest BCUT2D eigenvalue weighted by Crippen LogP contribution is -2.30. The minimum absolute atomic E-state index is 0.0900. The Kier molecular flexibility index (Phi) is 5.16. The molecule has 8 heteroatoms. The highest BCUT2D eigenvalue weighted by molar-refractivity contribution is 7.89. The second-order valence-electron chi connectivity index (χ2n) is 4.73. The van der Waals surface area contributed by atoms with Crippen molar-refractivity contribution in [2.45, 2.75) is 17.7 Å². The predicted octanol–water partition coefficient (Wildman–Crippen LogP) is -0.175. The van der Waals surface area contributed by atoms with Crippen LogP contribution in [0.4, 0.5) is 5.69 Å². The van der Waals surface area contributed by atoms with Gasteiger partial charge in [-0.25, -0.2) is 13.1 Å². The van der Waals surface area contributed by atoms with E-state index in [0.29, 0.717) is 4.90 Å². The van der Waals surface area contributed by atoms with E-state index in [9.17, 15) is 13.2 Å². The molecule has 1 aliphatic heterocycles. The van der Waals surface area contributed by atoms with E-state index >= 15 is 0 Å². The molecule has 0 fully saturated rings. The molecule has 2 rings (SSSR count). The van der Waals surface area contributed by atoms with Gasteiger partial charge >= 0.3 is 0 Å². The third-order valence-corrected chi connectivity index (χ3v) is 4.67. The number of nitrogens with one attached hydrogen (secondary N) is 2. The number of hydrogen-bond donors (Lipinski definition) is 3. The van der Waals surface area contributed by atoms with Crippen LogP contribution in [0.3, 0.4) is 0 Å². The Morgan fingerprint density at radius 1 is 1.43 bits per heavy atom. The van der Waals surface area contributed by atoms with Gasteiger partial charge in [-0.3, -0.25) is 4.79 Å². The molecule has 1 amide bonds. The molecule has 0 saturated heterocycles. The smallest absolute Gasteiger partial charge is 0.243 e. The number of benzene rings is 1. The largest absolute Gasteiger partial charge is 0.385 e. The number of sulfonamides is 1. The molecule has 0 spiro atoms. The van der Waals surface area contributed by atoms with Crippen LogP contribution in [-0.4, -0.2) is 40.6 Å². The fourth-order valence-corrected chi connectivity index (χ4v) is 3.53. The summed E-state index contributed by atoms with van der Waals surface area (Å²) in [5.41, 5.74) is 6.60. The fourth-order valence-electron chi connectivity index (χ4n) is 2.23. The summed E-state index contributed by atoms with van der Waals surface area (Å²) < 4.78 is 32.0. The topological polar surface area (TPSA) is 111 Å².